The maximum atomic E-state index is 13.5. The standard InChI is InChI=1S/C27H28O15/c1-27(38,8-17(31)32)9-18(33)39-10-16-20(34)22(36)23(37)26(41-16)42-25-21(35)19-14(30)6-13(29)7-15(19)40-24(25)11-2-4-12(28)5-3-11/h2-7,16,20,22-23,26,28-30,34,36-38H,8-10H2,1H3,(H,31,32)/t16-,20-,22+,23-,26?,27?/m1/s1. The van der Waals surface area contributed by atoms with Crippen LogP contribution in [0.5, 0.6) is 23.0 Å². The fourth-order valence-electron chi connectivity index (χ4n) is 4.37. The molecule has 3 aromatic rings. The van der Waals surface area contributed by atoms with Gasteiger partial charge < -0.3 is 59.5 Å². The Morgan fingerprint density at radius 2 is 1.62 bits per heavy atom. The summed E-state index contributed by atoms with van der Waals surface area (Å²) < 4.78 is 21.9. The van der Waals surface area contributed by atoms with Crippen molar-refractivity contribution in [2.24, 2.45) is 0 Å². The highest BCUT2D eigenvalue weighted by Gasteiger charge is 2.46. The Bertz CT molecular complexity index is 1530. The van der Waals surface area contributed by atoms with E-state index >= 15 is 0 Å². The van der Waals surface area contributed by atoms with Crippen LogP contribution in [-0.2, 0) is 19.1 Å². The lowest BCUT2D eigenvalue weighted by atomic mass is 9.98. The van der Waals surface area contributed by atoms with Gasteiger partial charge in [-0.25, -0.2) is 0 Å². The first-order valence-electron chi connectivity index (χ1n) is 12.4. The summed E-state index contributed by atoms with van der Waals surface area (Å²) in [4.78, 5) is 36.5. The molecule has 1 aliphatic heterocycles. The van der Waals surface area contributed by atoms with Crippen LogP contribution in [0.3, 0.4) is 0 Å². The molecule has 1 aromatic heterocycles. The van der Waals surface area contributed by atoms with Gasteiger partial charge in [-0.15, -0.1) is 0 Å². The van der Waals surface area contributed by atoms with Crippen LogP contribution in [0, 0.1) is 0 Å². The molecular formula is C27H28O15. The van der Waals surface area contributed by atoms with Gasteiger partial charge in [0.1, 0.15) is 59.2 Å². The van der Waals surface area contributed by atoms with Crippen molar-refractivity contribution in [3.05, 3.63) is 46.6 Å². The van der Waals surface area contributed by atoms with Gasteiger partial charge in [0.25, 0.3) is 0 Å². The van der Waals surface area contributed by atoms with Gasteiger partial charge in [-0.1, -0.05) is 0 Å². The molecule has 6 atom stereocenters. The number of carbonyl (C=O) groups excluding carboxylic acids is 1. The molecule has 0 bridgehead atoms. The Morgan fingerprint density at radius 3 is 2.26 bits per heavy atom. The number of rotatable bonds is 9. The molecule has 15 nitrogen and oxygen atoms in total. The summed E-state index contributed by atoms with van der Waals surface area (Å²) >= 11 is 0. The number of ether oxygens (including phenoxy) is 3. The minimum Gasteiger partial charge on any atom is -0.508 e. The molecule has 0 aliphatic carbocycles. The number of hydrogen-bond donors (Lipinski definition) is 8. The van der Waals surface area contributed by atoms with Crippen molar-refractivity contribution >= 4 is 22.9 Å². The van der Waals surface area contributed by atoms with Gasteiger partial charge in [0.15, 0.2) is 5.76 Å². The van der Waals surface area contributed by atoms with Gasteiger partial charge >= 0.3 is 11.9 Å². The van der Waals surface area contributed by atoms with Crippen LogP contribution in [-0.4, -0.2) is 95.7 Å². The van der Waals surface area contributed by atoms with Gasteiger partial charge in [-0.05, 0) is 31.2 Å². The Morgan fingerprint density at radius 1 is 0.952 bits per heavy atom. The van der Waals surface area contributed by atoms with Gasteiger partial charge in [-0.3, -0.25) is 14.4 Å². The second-order valence-corrected chi connectivity index (χ2v) is 10.0. The van der Waals surface area contributed by atoms with Gasteiger partial charge in [-0.2, -0.15) is 0 Å². The Kier molecular flexibility index (Phi) is 8.60. The van der Waals surface area contributed by atoms with Crippen molar-refractivity contribution in [1.29, 1.82) is 0 Å². The Labute approximate surface area is 236 Å². The molecule has 1 fully saturated rings. The van der Waals surface area contributed by atoms with Crippen LogP contribution in [0.4, 0.5) is 0 Å². The Hall–Kier alpha value is -4.41. The van der Waals surface area contributed by atoms with Gasteiger partial charge in [0.2, 0.25) is 17.5 Å². The fourth-order valence-corrected chi connectivity index (χ4v) is 4.37. The van der Waals surface area contributed by atoms with Crippen molar-refractivity contribution in [3.63, 3.8) is 0 Å². The average molecular weight is 593 g/mol. The van der Waals surface area contributed by atoms with Crippen LogP contribution >= 0.6 is 0 Å². The first-order valence-corrected chi connectivity index (χ1v) is 12.4. The molecule has 226 valence electrons. The van der Waals surface area contributed by atoms with Crippen LogP contribution in [0.1, 0.15) is 19.8 Å². The zero-order valence-electron chi connectivity index (χ0n) is 21.9. The van der Waals surface area contributed by atoms with Crippen LogP contribution in [0.25, 0.3) is 22.3 Å². The number of esters is 1. The average Bonchev–Trinajstić information content (AvgIpc) is 2.88. The fraction of sp³-hybridized carbons (Fsp3) is 0.370. The predicted octanol–water partition coefficient (Wildman–Crippen LogP) is -0.0778. The molecule has 0 saturated carbocycles. The van der Waals surface area contributed by atoms with Crippen molar-refractivity contribution in [2.45, 2.75) is 56.1 Å². The number of fused-ring (bicyclic) bond motifs is 1. The number of aliphatic carboxylic acids is 1. The molecular weight excluding hydrogens is 564 g/mol. The van der Waals surface area contributed by atoms with Crippen molar-refractivity contribution < 1.29 is 69.1 Å². The number of benzene rings is 2. The third-order valence-electron chi connectivity index (χ3n) is 6.42. The lowest BCUT2D eigenvalue weighted by molar-refractivity contribution is -0.278. The summed E-state index contributed by atoms with van der Waals surface area (Å²) in [6, 6.07) is 7.20. The lowest BCUT2D eigenvalue weighted by Crippen LogP contribution is -2.60. The second-order valence-electron chi connectivity index (χ2n) is 10.0. The largest absolute Gasteiger partial charge is 0.508 e. The van der Waals surface area contributed by atoms with E-state index in [1.165, 1.54) is 24.3 Å². The smallest absolute Gasteiger partial charge is 0.308 e. The van der Waals surface area contributed by atoms with E-state index in [1.54, 1.807) is 0 Å². The van der Waals surface area contributed by atoms with E-state index in [2.05, 4.69) is 0 Å². The van der Waals surface area contributed by atoms with Crippen LogP contribution < -0.4 is 10.2 Å². The minimum atomic E-state index is -1.96. The number of phenolic OH excluding ortho intramolecular Hbond substituents is 3. The molecule has 4 rings (SSSR count). The van der Waals surface area contributed by atoms with E-state index < -0.39 is 95.8 Å². The molecule has 2 heterocycles. The highest BCUT2D eigenvalue weighted by molar-refractivity contribution is 5.88. The van der Waals surface area contributed by atoms with E-state index in [0.29, 0.717) is 0 Å². The van der Waals surface area contributed by atoms with E-state index in [-0.39, 0.29) is 22.7 Å². The summed E-state index contributed by atoms with van der Waals surface area (Å²) in [6.07, 6.45) is -10.6. The number of aliphatic hydroxyl groups excluding tert-OH is 3. The molecule has 2 unspecified atom stereocenters. The minimum absolute atomic E-state index is 0.121. The molecule has 1 aliphatic rings. The number of carbonyl (C=O) groups is 2. The number of aliphatic hydroxyl groups is 4. The predicted molar refractivity (Wildman–Crippen MR) is 139 cm³/mol. The van der Waals surface area contributed by atoms with E-state index in [1.807, 2.05) is 0 Å². The number of aromatic hydroxyl groups is 3. The summed E-state index contributed by atoms with van der Waals surface area (Å²) in [5.74, 6) is -4.52. The lowest BCUT2D eigenvalue weighted by Gasteiger charge is -2.39. The molecule has 15 heteroatoms. The van der Waals surface area contributed by atoms with Gasteiger partial charge in [0.05, 0.1) is 18.4 Å². The third-order valence-corrected chi connectivity index (χ3v) is 6.42. The molecule has 0 radical (unpaired) electrons. The third kappa shape index (κ3) is 6.56. The summed E-state index contributed by atoms with van der Waals surface area (Å²) in [5, 5.41) is 79.8. The molecule has 0 amide bonds. The monoisotopic (exact) mass is 592 g/mol. The van der Waals surface area contributed by atoms with Crippen LogP contribution in [0.2, 0.25) is 0 Å². The molecule has 0 spiro atoms. The Balaban J connectivity index is 1.64. The maximum Gasteiger partial charge on any atom is 0.308 e. The number of phenols is 3. The van der Waals surface area contributed by atoms with Crippen molar-refractivity contribution in [1.82, 2.24) is 0 Å². The van der Waals surface area contributed by atoms with Crippen LogP contribution in [0.15, 0.2) is 45.6 Å². The SMILES string of the molecule is CC(O)(CC(=O)O)CC(=O)OC[C@H]1OC(Oc2c(-c3ccc(O)cc3)oc3cc(O)cc(O)c3c2=O)[C@H](O)[C@@H](O)[C@@H]1O. The summed E-state index contributed by atoms with van der Waals surface area (Å²) in [5.41, 5.74) is -2.98. The highest BCUT2D eigenvalue weighted by Crippen LogP contribution is 2.37. The topological polar surface area (TPSA) is 254 Å². The maximum absolute atomic E-state index is 13.5. The highest BCUT2D eigenvalue weighted by atomic mass is 16.7. The van der Waals surface area contributed by atoms with Crippen molar-refractivity contribution in [2.75, 3.05) is 6.61 Å². The first kappa shape index (κ1) is 30.5. The van der Waals surface area contributed by atoms with E-state index in [4.69, 9.17) is 23.7 Å². The number of carboxylic acid groups (broad SMARTS) is 1. The van der Waals surface area contributed by atoms with E-state index in [0.717, 1.165) is 19.1 Å². The van der Waals surface area contributed by atoms with Gasteiger partial charge in [0, 0.05) is 17.7 Å². The molecule has 42 heavy (non-hydrogen) atoms. The van der Waals surface area contributed by atoms with Crippen molar-refractivity contribution in [3.8, 4) is 34.3 Å². The second kappa shape index (κ2) is 11.8. The zero-order chi connectivity index (χ0) is 30.9. The number of hydrogen-bond acceptors (Lipinski definition) is 14. The zero-order valence-corrected chi connectivity index (χ0v) is 21.9. The molecule has 8 N–H and O–H groups in total. The summed E-state index contributed by atoms with van der Waals surface area (Å²) in [7, 11) is 0. The molecule has 1 saturated heterocycles. The molecule has 2 aromatic carbocycles. The normalized spacial score (nSPS) is 23.7. The van der Waals surface area contributed by atoms with E-state index in [9.17, 15) is 50.1 Å². The number of carboxylic acids is 1. The quantitative estimate of drug-likeness (QED) is 0.151. The first-order chi connectivity index (χ1) is 19.7. The summed E-state index contributed by atoms with van der Waals surface area (Å²) in [6.45, 7) is 0.377.